The number of hydrogen-bond donors (Lipinski definition) is 2. The van der Waals surface area contributed by atoms with Gasteiger partial charge in [0.15, 0.2) is 0 Å². The molecule has 8 heteroatoms. The molecule has 0 radical (unpaired) electrons. The van der Waals surface area contributed by atoms with Gasteiger partial charge in [-0.2, -0.15) is 4.98 Å². The van der Waals surface area contributed by atoms with Crippen molar-refractivity contribution in [3.05, 3.63) is 71.0 Å². The zero-order chi connectivity index (χ0) is 19.5. The van der Waals surface area contributed by atoms with Gasteiger partial charge >= 0.3 is 5.97 Å². The molecule has 0 aliphatic rings. The van der Waals surface area contributed by atoms with Crippen LogP contribution in [0.4, 0.5) is 11.6 Å². The van der Waals surface area contributed by atoms with E-state index < -0.39 is 5.97 Å². The highest BCUT2D eigenvalue weighted by atomic mass is 79.9. The molecule has 140 valence electrons. The van der Waals surface area contributed by atoms with Crippen molar-refractivity contribution in [1.82, 2.24) is 15.0 Å². The van der Waals surface area contributed by atoms with E-state index in [-0.39, 0.29) is 5.88 Å². The van der Waals surface area contributed by atoms with Crippen molar-refractivity contribution < 1.29 is 14.3 Å². The first-order valence-electron chi connectivity index (χ1n) is 8.36. The molecule has 0 aliphatic heterocycles. The van der Waals surface area contributed by atoms with Gasteiger partial charge in [0.05, 0.1) is 17.8 Å². The number of methoxy groups -OCH3 is 1. The SMILES string of the molecule is COC(=O)c1ccccc1Oc1nc(Nc2ccc3[nH]ccc3c2)ncc1Br. The monoisotopic (exact) mass is 438 g/mol. The van der Waals surface area contributed by atoms with Crippen molar-refractivity contribution in [2.24, 2.45) is 0 Å². The highest BCUT2D eigenvalue weighted by Gasteiger charge is 2.15. The van der Waals surface area contributed by atoms with Gasteiger partial charge in [0.2, 0.25) is 11.8 Å². The number of aromatic amines is 1. The van der Waals surface area contributed by atoms with Gasteiger partial charge in [0.1, 0.15) is 11.3 Å². The number of anilines is 2. The van der Waals surface area contributed by atoms with Crippen LogP contribution in [0, 0.1) is 0 Å². The first-order valence-corrected chi connectivity index (χ1v) is 9.15. The van der Waals surface area contributed by atoms with Crippen molar-refractivity contribution in [1.29, 1.82) is 0 Å². The van der Waals surface area contributed by atoms with Crippen LogP contribution in [0.1, 0.15) is 10.4 Å². The highest BCUT2D eigenvalue weighted by Crippen LogP contribution is 2.31. The minimum Gasteiger partial charge on any atom is -0.465 e. The summed E-state index contributed by atoms with van der Waals surface area (Å²) in [6, 6.07) is 14.7. The summed E-state index contributed by atoms with van der Waals surface area (Å²) in [6.45, 7) is 0. The maximum Gasteiger partial charge on any atom is 0.341 e. The van der Waals surface area contributed by atoms with E-state index in [9.17, 15) is 4.79 Å². The third-order valence-corrected chi connectivity index (χ3v) is 4.56. The predicted molar refractivity (Wildman–Crippen MR) is 109 cm³/mol. The zero-order valence-electron chi connectivity index (χ0n) is 14.8. The van der Waals surface area contributed by atoms with E-state index in [0.29, 0.717) is 21.7 Å². The number of carbonyl (C=O) groups excluding carboxylic acids is 1. The summed E-state index contributed by atoms with van der Waals surface area (Å²) < 4.78 is 11.2. The molecule has 2 heterocycles. The lowest BCUT2D eigenvalue weighted by atomic mass is 10.2. The Labute approximate surface area is 168 Å². The van der Waals surface area contributed by atoms with E-state index >= 15 is 0 Å². The highest BCUT2D eigenvalue weighted by molar-refractivity contribution is 9.10. The summed E-state index contributed by atoms with van der Waals surface area (Å²) in [5.74, 6) is 0.493. The lowest BCUT2D eigenvalue weighted by Crippen LogP contribution is -2.05. The minimum atomic E-state index is -0.487. The Morgan fingerprint density at radius 1 is 1.18 bits per heavy atom. The number of H-pyrrole nitrogens is 1. The van der Waals surface area contributed by atoms with Crippen molar-refractivity contribution in [3.63, 3.8) is 0 Å². The number of fused-ring (bicyclic) bond motifs is 1. The largest absolute Gasteiger partial charge is 0.465 e. The third kappa shape index (κ3) is 3.67. The Morgan fingerprint density at radius 2 is 2.04 bits per heavy atom. The van der Waals surface area contributed by atoms with E-state index in [4.69, 9.17) is 9.47 Å². The quantitative estimate of drug-likeness (QED) is 0.424. The first-order chi connectivity index (χ1) is 13.6. The smallest absolute Gasteiger partial charge is 0.341 e. The molecule has 0 amide bonds. The molecule has 0 bridgehead atoms. The molecular formula is C20H15BrN4O3. The molecule has 0 unspecified atom stereocenters. The molecule has 4 rings (SSSR count). The second kappa shape index (κ2) is 7.69. The third-order valence-electron chi connectivity index (χ3n) is 4.02. The average Bonchev–Trinajstić information content (AvgIpc) is 3.18. The fourth-order valence-corrected chi connectivity index (χ4v) is 2.95. The number of para-hydroxylation sites is 1. The molecule has 28 heavy (non-hydrogen) atoms. The van der Waals surface area contributed by atoms with Gasteiger partial charge < -0.3 is 19.8 Å². The van der Waals surface area contributed by atoms with Crippen LogP contribution >= 0.6 is 15.9 Å². The molecule has 0 fully saturated rings. The number of nitrogens with one attached hydrogen (secondary N) is 2. The number of aromatic nitrogens is 3. The van der Waals surface area contributed by atoms with E-state index in [1.807, 2.05) is 30.5 Å². The summed E-state index contributed by atoms with van der Waals surface area (Å²) in [7, 11) is 1.32. The average molecular weight is 439 g/mol. The summed E-state index contributed by atoms with van der Waals surface area (Å²) in [5.41, 5.74) is 2.20. The number of hydrogen-bond acceptors (Lipinski definition) is 6. The fourth-order valence-electron chi connectivity index (χ4n) is 2.68. The number of carbonyl (C=O) groups is 1. The number of rotatable bonds is 5. The second-order valence-corrected chi connectivity index (χ2v) is 6.70. The van der Waals surface area contributed by atoms with Crippen molar-refractivity contribution in [3.8, 4) is 11.6 Å². The fraction of sp³-hybridized carbons (Fsp3) is 0.0500. The molecule has 2 aromatic carbocycles. The molecule has 4 aromatic rings. The van der Waals surface area contributed by atoms with Gasteiger partial charge in [-0.05, 0) is 52.3 Å². The molecular weight excluding hydrogens is 424 g/mol. The van der Waals surface area contributed by atoms with Gasteiger partial charge in [-0.15, -0.1) is 0 Å². The maximum atomic E-state index is 11.9. The van der Waals surface area contributed by atoms with Gasteiger partial charge in [-0.25, -0.2) is 9.78 Å². The zero-order valence-corrected chi connectivity index (χ0v) is 16.4. The second-order valence-electron chi connectivity index (χ2n) is 5.84. The number of nitrogens with zero attached hydrogens (tertiary/aromatic N) is 2. The lowest BCUT2D eigenvalue weighted by Gasteiger charge is -2.11. The van der Waals surface area contributed by atoms with E-state index in [1.54, 1.807) is 30.5 Å². The van der Waals surface area contributed by atoms with Gasteiger partial charge in [-0.3, -0.25) is 0 Å². The van der Waals surface area contributed by atoms with Crippen molar-refractivity contribution >= 4 is 44.4 Å². The summed E-state index contributed by atoms with van der Waals surface area (Å²) >= 11 is 3.38. The van der Waals surface area contributed by atoms with Crippen LogP contribution in [0.25, 0.3) is 10.9 Å². The Hall–Kier alpha value is -3.39. The molecule has 0 saturated heterocycles. The standard InChI is InChI=1S/C20H15BrN4O3/c1-27-19(26)14-4-2-3-5-17(14)28-18-15(21)11-23-20(25-18)24-13-6-7-16-12(10-13)8-9-22-16/h2-11,22H,1H3,(H,23,24,25). The van der Waals surface area contributed by atoms with Crippen molar-refractivity contribution in [2.45, 2.75) is 0 Å². The van der Waals surface area contributed by atoms with Gasteiger partial charge in [-0.1, -0.05) is 12.1 Å². The van der Waals surface area contributed by atoms with E-state index in [2.05, 4.69) is 36.2 Å². The topological polar surface area (TPSA) is 89.1 Å². The van der Waals surface area contributed by atoms with Crippen LogP contribution < -0.4 is 10.1 Å². The number of ether oxygens (including phenoxy) is 2. The summed E-state index contributed by atoms with van der Waals surface area (Å²) in [4.78, 5) is 23.8. The molecule has 0 atom stereocenters. The first kappa shape index (κ1) is 18.0. The molecule has 2 aromatic heterocycles. The van der Waals surface area contributed by atoms with Crippen LogP contribution in [-0.4, -0.2) is 28.0 Å². The van der Waals surface area contributed by atoms with Crippen LogP contribution in [0.5, 0.6) is 11.6 Å². The Kier molecular flexibility index (Phi) is 4.94. The Balaban J connectivity index is 1.62. The van der Waals surface area contributed by atoms with E-state index in [1.165, 1.54) is 7.11 Å². The summed E-state index contributed by atoms with van der Waals surface area (Å²) in [5, 5.41) is 4.23. The number of benzene rings is 2. The molecule has 2 N–H and O–H groups in total. The minimum absolute atomic E-state index is 0.275. The Bertz CT molecular complexity index is 1160. The van der Waals surface area contributed by atoms with Gasteiger partial charge in [0, 0.05) is 22.8 Å². The molecule has 7 nitrogen and oxygen atoms in total. The lowest BCUT2D eigenvalue weighted by molar-refractivity contribution is 0.0598. The number of esters is 1. The van der Waals surface area contributed by atoms with Crippen LogP contribution in [0.15, 0.2) is 65.4 Å². The van der Waals surface area contributed by atoms with Crippen molar-refractivity contribution in [2.75, 3.05) is 12.4 Å². The van der Waals surface area contributed by atoms with Gasteiger partial charge in [0.25, 0.3) is 0 Å². The Morgan fingerprint density at radius 3 is 2.89 bits per heavy atom. The predicted octanol–water partition coefficient (Wildman–Crippen LogP) is 5.04. The van der Waals surface area contributed by atoms with Crippen LogP contribution in [-0.2, 0) is 4.74 Å². The number of halogens is 1. The molecule has 0 spiro atoms. The maximum absolute atomic E-state index is 11.9. The normalized spacial score (nSPS) is 10.6. The molecule has 0 aliphatic carbocycles. The summed E-state index contributed by atoms with van der Waals surface area (Å²) in [6.07, 6.45) is 3.47. The van der Waals surface area contributed by atoms with Crippen LogP contribution in [0.2, 0.25) is 0 Å². The van der Waals surface area contributed by atoms with E-state index in [0.717, 1.165) is 16.6 Å². The molecule has 0 saturated carbocycles. The van der Waals surface area contributed by atoms with Crippen LogP contribution in [0.3, 0.4) is 0 Å².